The Bertz CT molecular complexity index is 695. The van der Waals surface area contributed by atoms with Gasteiger partial charge in [0.15, 0.2) is 0 Å². The van der Waals surface area contributed by atoms with Gasteiger partial charge in [-0.15, -0.1) is 0 Å². The van der Waals surface area contributed by atoms with E-state index >= 15 is 0 Å². The lowest BCUT2D eigenvalue weighted by molar-refractivity contribution is -0.116. The van der Waals surface area contributed by atoms with Crippen molar-refractivity contribution in [1.82, 2.24) is 19.7 Å². The molecule has 0 saturated heterocycles. The van der Waals surface area contributed by atoms with Crippen molar-refractivity contribution in [2.45, 2.75) is 58.9 Å². The Kier molecular flexibility index (Phi) is 3.76. The van der Waals surface area contributed by atoms with Crippen molar-refractivity contribution in [3.8, 4) is 0 Å². The van der Waals surface area contributed by atoms with Crippen molar-refractivity contribution in [2.75, 3.05) is 5.32 Å². The second-order valence-corrected chi connectivity index (χ2v) is 5.98. The van der Waals surface area contributed by atoms with E-state index in [1.807, 2.05) is 18.5 Å². The molecule has 1 aliphatic rings. The predicted molar refractivity (Wildman–Crippen MR) is 85.0 cm³/mol. The molecule has 1 amide bonds. The van der Waals surface area contributed by atoms with Crippen LogP contribution < -0.4 is 5.32 Å². The summed E-state index contributed by atoms with van der Waals surface area (Å²) in [5.41, 5.74) is 4.06. The number of hydrogen-bond donors (Lipinski definition) is 2. The molecule has 1 unspecified atom stereocenters. The average Bonchev–Trinajstić information content (AvgIpc) is 3.04. The fraction of sp³-hybridized carbons (Fsp3) is 0.562. The van der Waals surface area contributed by atoms with Crippen LogP contribution in [-0.2, 0) is 4.79 Å². The molecular weight excluding hydrogens is 278 g/mol. The Balaban J connectivity index is 2.14. The molecular formula is C16H23N5O. The maximum Gasteiger partial charge on any atom is 0.226 e. The minimum absolute atomic E-state index is 0.0156. The van der Waals surface area contributed by atoms with Crippen LogP contribution >= 0.6 is 0 Å². The normalized spacial score (nSPS) is 17.7. The molecule has 0 radical (unpaired) electrons. The van der Waals surface area contributed by atoms with Crippen LogP contribution in [-0.4, -0.2) is 25.7 Å². The minimum Gasteiger partial charge on any atom is -0.348 e. The van der Waals surface area contributed by atoms with Crippen LogP contribution in [0.4, 0.5) is 5.82 Å². The number of nitrogens with one attached hydrogen (secondary N) is 2. The van der Waals surface area contributed by atoms with Crippen molar-refractivity contribution < 1.29 is 4.79 Å². The summed E-state index contributed by atoms with van der Waals surface area (Å²) in [6.07, 6.45) is 4.10. The summed E-state index contributed by atoms with van der Waals surface area (Å²) in [5.74, 6) is 0.875. The van der Waals surface area contributed by atoms with Crippen molar-refractivity contribution in [2.24, 2.45) is 0 Å². The van der Waals surface area contributed by atoms with Gasteiger partial charge < -0.3 is 10.3 Å². The van der Waals surface area contributed by atoms with Crippen molar-refractivity contribution >= 4 is 11.7 Å². The van der Waals surface area contributed by atoms with E-state index in [1.165, 1.54) is 0 Å². The summed E-state index contributed by atoms with van der Waals surface area (Å²) in [6.45, 7) is 8.31. The molecule has 6 nitrogen and oxygen atoms in total. The number of carbonyl (C=O) groups is 1. The fourth-order valence-corrected chi connectivity index (χ4v) is 3.43. The molecule has 2 aromatic heterocycles. The Morgan fingerprint density at radius 2 is 2.09 bits per heavy atom. The van der Waals surface area contributed by atoms with Gasteiger partial charge in [0.2, 0.25) is 5.91 Å². The van der Waals surface area contributed by atoms with Crippen LogP contribution in [0.2, 0.25) is 0 Å². The van der Waals surface area contributed by atoms with Crippen LogP contribution in [0.5, 0.6) is 0 Å². The number of aryl methyl sites for hydroxylation is 2. The van der Waals surface area contributed by atoms with Gasteiger partial charge in [-0.2, -0.15) is 5.10 Å². The molecule has 2 aromatic rings. The lowest BCUT2D eigenvalue weighted by atomic mass is 9.88. The number of carbonyl (C=O) groups excluding carboxylic acids is 1. The Morgan fingerprint density at radius 1 is 1.36 bits per heavy atom. The number of aromatic nitrogens is 4. The second-order valence-electron chi connectivity index (χ2n) is 5.98. The fourth-order valence-electron chi connectivity index (χ4n) is 3.43. The first-order valence-corrected chi connectivity index (χ1v) is 7.95. The number of aromatic amines is 1. The zero-order valence-corrected chi connectivity index (χ0v) is 13.6. The third kappa shape index (κ3) is 2.23. The number of hydrogen-bond acceptors (Lipinski definition) is 3. The van der Waals surface area contributed by atoms with E-state index in [0.717, 1.165) is 41.3 Å². The van der Waals surface area contributed by atoms with Gasteiger partial charge in [0.05, 0.1) is 23.8 Å². The molecule has 118 valence electrons. The largest absolute Gasteiger partial charge is 0.348 e. The van der Waals surface area contributed by atoms with Crippen LogP contribution in [0.1, 0.15) is 67.7 Å². The zero-order chi connectivity index (χ0) is 15.9. The number of H-pyrrole nitrogens is 1. The minimum atomic E-state index is -0.0156. The molecule has 0 bridgehead atoms. The molecule has 0 spiro atoms. The predicted octanol–water partition coefficient (Wildman–Crippen LogP) is 3.06. The number of nitrogens with zero attached hydrogens (tertiary/aromatic N) is 3. The maximum atomic E-state index is 12.2. The molecule has 3 heterocycles. The number of imidazole rings is 1. The summed E-state index contributed by atoms with van der Waals surface area (Å²) in [7, 11) is 0. The van der Waals surface area contributed by atoms with E-state index in [1.54, 1.807) is 6.33 Å². The van der Waals surface area contributed by atoms with Crippen molar-refractivity contribution in [1.29, 1.82) is 0 Å². The topological polar surface area (TPSA) is 75.6 Å². The van der Waals surface area contributed by atoms with Gasteiger partial charge in [-0.05, 0) is 26.7 Å². The first-order chi connectivity index (χ1) is 10.6. The van der Waals surface area contributed by atoms with E-state index in [9.17, 15) is 4.79 Å². The van der Waals surface area contributed by atoms with Crippen LogP contribution in [0.15, 0.2) is 6.33 Å². The lowest BCUT2D eigenvalue weighted by Gasteiger charge is -2.25. The summed E-state index contributed by atoms with van der Waals surface area (Å²) in [5, 5.41) is 7.76. The monoisotopic (exact) mass is 301 g/mol. The standard InChI is InChI=1S/C16H23N5O/c1-5-11(6-2)21-16-14(9(3)20-21)12(7-13(22)19-16)15-10(4)17-8-18-15/h8,11-12H,5-7H2,1-4H3,(H,17,18)(H,19,22). The van der Waals surface area contributed by atoms with Gasteiger partial charge >= 0.3 is 0 Å². The second kappa shape index (κ2) is 5.59. The third-order valence-electron chi connectivity index (χ3n) is 4.61. The van der Waals surface area contributed by atoms with Gasteiger partial charge in [-0.1, -0.05) is 13.8 Å². The van der Waals surface area contributed by atoms with Crippen LogP contribution in [0, 0.1) is 13.8 Å². The summed E-state index contributed by atoms with van der Waals surface area (Å²) >= 11 is 0. The highest BCUT2D eigenvalue weighted by Crippen LogP contribution is 2.40. The first-order valence-electron chi connectivity index (χ1n) is 7.95. The van der Waals surface area contributed by atoms with Crippen LogP contribution in [0.3, 0.4) is 0 Å². The van der Waals surface area contributed by atoms with Crippen LogP contribution in [0.25, 0.3) is 0 Å². The highest BCUT2D eigenvalue weighted by atomic mass is 16.1. The molecule has 0 aromatic carbocycles. The quantitative estimate of drug-likeness (QED) is 0.911. The summed E-state index contributed by atoms with van der Waals surface area (Å²) < 4.78 is 2.00. The number of amides is 1. The van der Waals surface area contributed by atoms with E-state index < -0.39 is 0 Å². The smallest absolute Gasteiger partial charge is 0.226 e. The van der Waals surface area contributed by atoms with Gasteiger partial charge in [0, 0.05) is 23.6 Å². The molecule has 1 aliphatic heterocycles. The first kappa shape index (κ1) is 14.8. The summed E-state index contributed by atoms with van der Waals surface area (Å²) in [6, 6.07) is 0.307. The molecule has 0 fully saturated rings. The Labute approximate surface area is 130 Å². The SMILES string of the molecule is CCC(CC)n1nc(C)c2c1NC(=O)CC2c1nc[nH]c1C. The Hall–Kier alpha value is -2.11. The highest BCUT2D eigenvalue weighted by Gasteiger charge is 2.35. The molecule has 3 rings (SSSR count). The van der Waals surface area contributed by atoms with Crippen molar-refractivity contribution in [3.05, 3.63) is 29.0 Å². The van der Waals surface area contributed by atoms with Gasteiger partial charge in [-0.25, -0.2) is 9.67 Å². The van der Waals surface area contributed by atoms with E-state index in [0.29, 0.717) is 12.5 Å². The van der Waals surface area contributed by atoms with E-state index in [2.05, 4.69) is 29.1 Å². The van der Waals surface area contributed by atoms with E-state index in [4.69, 9.17) is 5.10 Å². The lowest BCUT2D eigenvalue weighted by Crippen LogP contribution is -2.26. The zero-order valence-electron chi connectivity index (χ0n) is 13.6. The summed E-state index contributed by atoms with van der Waals surface area (Å²) in [4.78, 5) is 19.8. The van der Waals surface area contributed by atoms with Crippen molar-refractivity contribution in [3.63, 3.8) is 0 Å². The van der Waals surface area contributed by atoms with E-state index in [-0.39, 0.29) is 11.8 Å². The number of anilines is 1. The van der Waals surface area contributed by atoms with Gasteiger partial charge in [0.25, 0.3) is 0 Å². The highest BCUT2D eigenvalue weighted by molar-refractivity contribution is 5.94. The molecule has 0 aliphatic carbocycles. The number of fused-ring (bicyclic) bond motifs is 1. The molecule has 6 heteroatoms. The molecule has 1 atom stereocenters. The average molecular weight is 301 g/mol. The molecule has 22 heavy (non-hydrogen) atoms. The maximum absolute atomic E-state index is 12.2. The Morgan fingerprint density at radius 3 is 2.68 bits per heavy atom. The van der Waals surface area contributed by atoms with Gasteiger partial charge in [-0.3, -0.25) is 4.79 Å². The molecule has 2 N–H and O–H groups in total. The molecule has 0 saturated carbocycles. The third-order valence-corrected chi connectivity index (χ3v) is 4.61. The van der Waals surface area contributed by atoms with Gasteiger partial charge in [0.1, 0.15) is 5.82 Å². The number of rotatable bonds is 4.